The molecule has 2 aromatic rings. The second-order valence-electron chi connectivity index (χ2n) is 3.56. The number of aliphatic hydroxyl groups is 1. The number of nitrogen functional groups attached to an aromatic ring is 1. The van der Waals surface area contributed by atoms with E-state index in [1.54, 1.807) is 17.4 Å². The molecule has 0 amide bonds. The van der Waals surface area contributed by atoms with E-state index in [0.29, 0.717) is 5.69 Å². The molecule has 0 radical (unpaired) electrons. The van der Waals surface area contributed by atoms with Gasteiger partial charge in [0, 0.05) is 10.6 Å². The van der Waals surface area contributed by atoms with Gasteiger partial charge in [-0.05, 0) is 41.6 Å². The number of aryl methyl sites for hydroxylation is 1. The number of rotatable bonds is 2. The molecule has 78 valence electrons. The van der Waals surface area contributed by atoms with Gasteiger partial charge in [0.1, 0.15) is 6.10 Å². The monoisotopic (exact) mass is 219 g/mol. The van der Waals surface area contributed by atoms with Crippen LogP contribution in [0.3, 0.4) is 0 Å². The summed E-state index contributed by atoms with van der Waals surface area (Å²) in [6.07, 6.45) is -0.571. The zero-order valence-electron chi connectivity index (χ0n) is 8.47. The van der Waals surface area contributed by atoms with E-state index in [1.165, 1.54) is 4.88 Å². The van der Waals surface area contributed by atoms with Gasteiger partial charge in [-0.25, -0.2) is 0 Å². The van der Waals surface area contributed by atoms with Gasteiger partial charge in [-0.15, -0.1) is 11.3 Å². The van der Waals surface area contributed by atoms with Crippen LogP contribution in [-0.4, -0.2) is 5.11 Å². The van der Waals surface area contributed by atoms with Crippen molar-refractivity contribution in [1.82, 2.24) is 0 Å². The van der Waals surface area contributed by atoms with E-state index in [4.69, 9.17) is 5.73 Å². The summed E-state index contributed by atoms with van der Waals surface area (Å²) >= 11 is 1.64. The normalized spacial score (nSPS) is 12.7. The van der Waals surface area contributed by atoms with Gasteiger partial charge in [0.15, 0.2) is 0 Å². The minimum atomic E-state index is -0.571. The fourth-order valence-corrected chi connectivity index (χ4v) is 2.25. The van der Waals surface area contributed by atoms with Crippen LogP contribution in [-0.2, 0) is 0 Å². The molecule has 0 aliphatic heterocycles. The standard InChI is InChI=1S/C12H13NOS/c1-8-5-10(7-15-8)12(14)9-3-2-4-11(13)6-9/h2-7,12,14H,13H2,1H3. The van der Waals surface area contributed by atoms with E-state index in [2.05, 4.69) is 0 Å². The van der Waals surface area contributed by atoms with Gasteiger partial charge in [-0.3, -0.25) is 0 Å². The van der Waals surface area contributed by atoms with Crippen molar-refractivity contribution < 1.29 is 5.11 Å². The molecule has 0 bridgehead atoms. The third-order valence-electron chi connectivity index (χ3n) is 2.29. The van der Waals surface area contributed by atoms with Crippen LogP contribution in [0.15, 0.2) is 35.7 Å². The lowest BCUT2D eigenvalue weighted by atomic mass is 10.0. The van der Waals surface area contributed by atoms with Crippen molar-refractivity contribution in [1.29, 1.82) is 0 Å². The summed E-state index contributed by atoms with van der Waals surface area (Å²) in [7, 11) is 0. The second-order valence-corrected chi connectivity index (χ2v) is 4.68. The van der Waals surface area contributed by atoms with E-state index < -0.39 is 6.10 Å². The van der Waals surface area contributed by atoms with Gasteiger partial charge < -0.3 is 10.8 Å². The molecule has 2 rings (SSSR count). The summed E-state index contributed by atoms with van der Waals surface area (Å²) in [5.41, 5.74) is 8.12. The number of hydrogen-bond donors (Lipinski definition) is 2. The average molecular weight is 219 g/mol. The number of aliphatic hydroxyl groups excluding tert-OH is 1. The van der Waals surface area contributed by atoms with Gasteiger partial charge >= 0.3 is 0 Å². The van der Waals surface area contributed by atoms with Crippen molar-refractivity contribution in [3.05, 3.63) is 51.7 Å². The van der Waals surface area contributed by atoms with Crippen molar-refractivity contribution in [2.75, 3.05) is 5.73 Å². The fraction of sp³-hybridized carbons (Fsp3) is 0.167. The van der Waals surface area contributed by atoms with Crippen LogP contribution in [0.4, 0.5) is 5.69 Å². The maximum Gasteiger partial charge on any atom is 0.105 e. The predicted octanol–water partition coefficient (Wildman–Crippen LogP) is 2.72. The minimum Gasteiger partial charge on any atom is -0.399 e. The van der Waals surface area contributed by atoms with Gasteiger partial charge in [-0.1, -0.05) is 12.1 Å². The van der Waals surface area contributed by atoms with E-state index in [0.717, 1.165) is 11.1 Å². The quantitative estimate of drug-likeness (QED) is 0.763. The Morgan fingerprint density at radius 2 is 2.07 bits per heavy atom. The van der Waals surface area contributed by atoms with Gasteiger partial charge in [0.2, 0.25) is 0 Å². The molecule has 1 unspecified atom stereocenters. The topological polar surface area (TPSA) is 46.2 Å². The zero-order valence-corrected chi connectivity index (χ0v) is 9.29. The molecule has 0 saturated carbocycles. The van der Waals surface area contributed by atoms with Crippen LogP contribution in [0.5, 0.6) is 0 Å². The first kappa shape index (κ1) is 10.2. The van der Waals surface area contributed by atoms with Crippen molar-refractivity contribution in [2.45, 2.75) is 13.0 Å². The first-order valence-electron chi connectivity index (χ1n) is 4.75. The Morgan fingerprint density at radius 1 is 1.27 bits per heavy atom. The summed E-state index contributed by atoms with van der Waals surface area (Å²) in [6, 6.07) is 9.35. The zero-order chi connectivity index (χ0) is 10.8. The second kappa shape index (κ2) is 4.04. The largest absolute Gasteiger partial charge is 0.399 e. The van der Waals surface area contributed by atoms with E-state index >= 15 is 0 Å². The first-order chi connectivity index (χ1) is 7.16. The lowest BCUT2D eigenvalue weighted by molar-refractivity contribution is 0.221. The Hall–Kier alpha value is -1.32. The summed E-state index contributed by atoms with van der Waals surface area (Å²) in [4.78, 5) is 1.20. The van der Waals surface area contributed by atoms with Crippen LogP contribution in [0, 0.1) is 6.92 Å². The lowest BCUT2D eigenvalue weighted by Crippen LogP contribution is -1.98. The predicted molar refractivity (Wildman–Crippen MR) is 64.0 cm³/mol. The number of thiophene rings is 1. The SMILES string of the molecule is Cc1cc(C(O)c2cccc(N)c2)cs1. The summed E-state index contributed by atoms with van der Waals surface area (Å²) in [5, 5.41) is 12.1. The highest BCUT2D eigenvalue weighted by molar-refractivity contribution is 7.10. The summed E-state index contributed by atoms with van der Waals surface area (Å²) < 4.78 is 0. The Balaban J connectivity index is 2.32. The van der Waals surface area contributed by atoms with E-state index in [-0.39, 0.29) is 0 Å². The third kappa shape index (κ3) is 2.19. The Labute approximate surface area is 93.0 Å². The third-order valence-corrected chi connectivity index (χ3v) is 3.17. The van der Waals surface area contributed by atoms with Crippen LogP contribution in [0.1, 0.15) is 22.1 Å². The molecular weight excluding hydrogens is 206 g/mol. The average Bonchev–Trinajstić information content (AvgIpc) is 2.64. The fourth-order valence-electron chi connectivity index (χ4n) is 1.53. The highest BCUT2D eigenvalue weighted by Gasteiger charge is 2.11. The van der Waals surface area contributed by atoms with Crippen molar-refractivity contribution in [3.8, 4) is 0 Å². The van der Waals surface area contributed by atoms with Crippen molar-refractivity contribution in [2.24, 2.45) is 0 Å². The van der Waals surface area contributed by atoms with Gasteiger partial charge in [-0.2, -0.15) is 0 Å². The van der Waals surface area contributed by atoms with E-state index in [1.807, 2.05) is 36.6 Å². The smallest absolute Gasteiger partial charge is 0.105 e. The highest BCUT2D eigenvalue weighted by atomic mass is 32.1. The van der Waals surface area contributed by atoms with Crippen LogP contribution >= 0.6 is 11.3 Å². The Morgan fingerprint density at radius 3 is 2.67 bits per heavy atom. The molecule has 3 N–H and O–H groups in total. The molecule has 0 spiro atoms. The molecule has 0 fully saturated rings. The molecule has 1 atom stereocenters. The molecule has 15 heavy (non-hydrogen) atoms. The van der Waals surface area contributed by atoms with Gasteiger partial charge in [0.25, 0.3) is 0 Å². The molecule has 0 aliphatic rings. The molecule has 0 aliphatic carbocycles. The van der Waals surface area contributed by atoms with Crippen LogP contribution in [0.25, 0.3) is 0 Å². The first-order valence-corrected chi connectivity index (χ1v) is 5.63. The minimum absolute atomic E-state index is 0.571. The lowest BCUT2D eigenvalue weighted by Gasteiger charge is -2.09. The van der Waals surface area contributed by atoms with Gasteiger partial charge in [0.05, 0.1) is 0 Å². The molecule has 1 aromatic carbocycles. The molecule has 1 aromatic heterocycles. The Bertz CT molecular complexity index is 464. The molecule has 2 nitrogen and oxygen atoms in total. The van der Waals surface area contributed by atoms with Crippen molar-refractivity contribution >= 4 is 17.0 Å². The number of anilines is 1. The molecule has 3 heteroatoms. The highest BCUT2D eigenvalue weighted by Crippen LogP contribution is 2.26. The molecular formula is C12H13NOS. The summed E-state index contributed by atoms with van der Waals surface area (Å²) in [6.45, 7) is 2.03. The number of hydrogen-bond acceptors (Lipinski definition) is 3. The van der Waals surface area contributed by atoms with Crippen LogP contribution < -0.4 is 5.73 Å². The van der Waals surface area contributed by atoms with Crippen molar-refractivity contribution in [3.63, 3.8) is 0 Å². The van der Waals surface area contributed by atoms with E-state index in [9.17, 15) is 5.11 Å². The molecule has 1 heterocycles. The number of benzene rings is 1. The summed E-state index contributed by atoms with van der Waals surface area (Å²) in [5.74, 6) is 0. The maximum atomic E-state index is 10.1. The maximum absolute atomic E-state index is 10.1. The number of nitrogens with two attached hydrogens (primary N) is 1. The molecule has 0 saturated heterocycles. The van der Waals surface area contributed by atoms with Crippen LogP contribution in [0.2, 0.25) is 0 Å². The Kier molecular flexibility index (Phi) is 2.75.